The molecule has 11 rings (SSSR count). The van der Waals surface area contributed by atoms with Crippen molar-refractivity contribution in [2.75, 3.05) is 0 Å². The minimum atomic E-state index is 0.0526. The fourth-order valence-corrected chi connectivity index (χ4v) is 14.6. The van der Waals surface area contributed by atoms with Crippen LogP contribution in [0.5, 0.6) is 0 Å². The third-order valence-electron chi connectivity index (χ3n) is 17.2. The van der Waals surface area contributed by atoms with Crippen LogP contribution in [-0.2, 0) is 5.41 Å². The molecular formula is C49H58N2. The molecule has 3 fully saturated rings. The Morgan fingerprint density at radius 3 is 2.31 bits per heavy atom. The van der Waals surface area contributed by atoms with Crippen LogP contribution in [0.4, 0.5) is 0 Å². The van der Waals surface area contributed by atoms with Gasteiger partial charge < -0.3 is 4.57 Å². The Bertz CT molecular complexity index is 2330. The van der Waals surface area contributed by atoms with E-state index < -0.39 is 0 Å². The van der Waals surface area contributed by atoms with Crippen LogP contribution in [0.25, 0.3) is 22.6 Å². The van der Waals surface area contributed by atoms with E-state index in [-0.39, 0.29) is 27.1 Å². The second-order valence-corrected chi connectivity index (χ2v) is 20.9. The van der Waals surface area contributed by atoms with Crippen LogP contribution in [0.1, 0.15) is 107 Å². The molecule has 4 aliphatic carbocycles. The topological polar surface area (TPSA) is 8.17 Å². The molecule has 0 N–H and O–H groups in total. The number of fused-ring (bicyclic) bond motifs is 1. The van der Waals surface area contributed by atoms with E-state index in [2.05, 4.69) is 152 Å². The first-order chi connectivity index (χ1) is 24.1. The van der Waals surface area contributed by atoms with E-state index in [1.807, 2.05) is 0 Å². The van der Waals surface area contributed by atoms with E-state index in [1.165, 1.54) is 29.0 Å². The highest BCUT2D eigenvalue weighted by molar-refractivity contribution is 5.89. The molecule has 6 heterocycles. The van der Waals surface area contributed by atoms with Gasteiger partial charge in [0.1, 0.15) is 0 Å². The predicted molar refractivity (Wildman–Crippen MR) is 212 cm³/mol. The number of aromatic nitrogens is 1. The van der Waals surface area contributed by atoms with Crippen molar-refractivity contribution in [2.24, 2.45) is 45.3 Å². The number of nitrogens with zero attached hydrogens (tertiary/aromatic N) is 2. The average Bonchev–Trinajstić information content (AvgIpc) is 3.55. The van der Waals surface area contributed by atoms with E-state index in [1.54, 1.807) is 44.4 Å². The van der Waals surface area contributed by atoms with Crippen LogP contribution in [0.3, 0.4) is 0 Å². The molecule has 1 aromatic carbocycles. The summed E-state index contributed by atoms with van der Waals surface area (Å²) in [6.45, 7) is 28.2. The first-order valence-electron chi connectivity index (χ1n) is 20.4. The molecule has 5 aliphatic heterocycles. The van der Waals surface area contributed by atoms with Gasteiger partial charge in [0, 0.05) is 62.7 Å². The van der Waals surface area contributed by atoms with Gasteiger partial charge in [0.15, 0.2) is 0 Å². The Balaban J connectivity index is 1.14. The first-order valence-corrected chi connectivity index (χ1v) is 20.4. The zero-order valence-corrected chi connectivity index (χ0v) is 33.0. The van der Waals surface area contributed by atoms with Crippen LogP contribution >= 0.6 is 0 Å². The van der Waals surface area contributed by atoms with Crippen molar-refractivity contribution < 1.29 is 0 Å². The molecule has 2 nitrogen and oxygen atoms in total. The van der Waals surface area contributed by atoms with Crippen molar-refractivity contribution in [3.05, 3.63) is 105 Å². The van der Waals surface area contributed by atoms with Gasteiger partial charge in [-0.25, -0.2) is 0 Å². The van der Waals surface area contributed by atoms with Gasteiger partial charge in [-0.15, -0.1) is 0 Å². The van der Waals surface area contributed by atoms with E-state index in [0.717, 1.165) is 6.42 Å². The van der Waals surface area contributed by atoms with Gasteiger partial charge in [0.05, 0.1) is 11.6 Å². The van der Waals surface area contributed by atoms with Crippen molar-refractivity contribution in [1.82, 2.24) is 9.47 Å². The van der Waals surface area contributed by atoms with Crippen LogP contribution < -0.4 is 10.6 Å². The largest absolute Gasteiger partial charge is 0.333 e. The van der Waals surface area contributed by atoms with Gasteiger partial charge in [0.2, 0.25) is 0 Å². The van der Waals surface area contributed by atoms with Crippen LogP contribution in [0, 0.1) is 45.3 Å². The zero-order valence-electron chi connectivity index (χ0n) is 33.0. The molecule has 2 aromatic rings. The summed E-state index contributed by atoms with van der Waals surface area (Å²) in [5, 5.41) is 4.60. The molecule has 0 spiro atoms. The molecule has 8 unspecified atom stereocenters. The van der Waals surface area contributed by atoms with Crippen LogP contribution in [0.15, 0.2) is 88.6 Å². The summed E-state index contributed by atoms with van der Waals surface area (Å²) in [6, 6.07) is 9.06. The highest BCUT2D eigenvalue weighted by atomic mass is 15.3. The number of rotatable bonds is 1. The molecule has 0 radical (unpaired) electrons. The normalized spacial score (nSPS) is 39.5. The maximum atomic E-state index is 3.05. The van der Waals surface area contributed by atoms with Crippen molar-refractivity contribution in [2.45, 2.75) is 125 Å². The average molecular weight is 675 g/mol. The van der Waals surface area contributed by atoms with Crippen molar-refractivity contribution in [1.29, 1.82) is 0 Å². The quantitative estimate of drug-likeness (QED) is 0.274. The maximum Gasteiger partial charge on any atom is 0.0597 e. The van der Waals surface area contributed by atoms with E-state index in [9.17, 15) is 0 Å². The van der Waals surface area contributed by atoms with E-state index in [0.29, 0.717) is 47.8 Å². The lowest BCUT2D eigenvalue weighted by Crippen LogP contribution is -2.67. The molecule has 0 saturated carbocycles. The Morgan fingerprint density at radius 1 is 0.784 bits per heavy atom. The molecule has 0 amide bonds. The molecule has 2 heteroatoms. The van der Waals surface area contributed by atoms with Gasteiger partial charge >= 0.3 is 0 Å². The fraction of sp³-hybridized carbons (Fsp3) is 0.551. The highest BCUT2D eigenvalue weighted by Gasteiger charge is 2.68. The number of benzene rings is 1. The molecular weight excluding hydrogens is 617 g/mol. The predicted octanol–water partition coefficient (Wildman–Crippen LogP) is 9.87. The molecule has 0 bridgehead atoms. The second-order valence-electron chi connectivity index (χ2n) is 20.9. The lowest BCUT2D eigenvalue weighted by molar-refractivity contribution is -0.0304. The summed E-state index contributed by atoms with van der Waals surface area (Å²) in [6.07, 6.45) is 24.6. The van der Waals surface area contributed by atoms with Gasteiger partial charge in [-0.1, -0.05) is 142 Å². The van der Waals surface area contributed by atoms with Crippen LogP contribution in [-0.4, -0.2) is 27.6 Å². The van der Waals surface area contributed by atoms with Crippen molar-refractivity contribution in [3.8, 4) is 0 Å². The molecule has 8 atom stereocenters. The summed E-state index contributed by atoms with van der Waals surface area (Å²) < 4.78 is 2.88. The Hall–Kier alpha value is -3.10. The number of para-hydroxylation sites is 1. The monoisotopic (exact) mass is 674 g/mol. The minimum Gasteiger partial charge on any atom is -0.333 e. The van der Waals surface area contributed by atoms with Gasteiger partial charge in [-0.3, -0.25) is 4.90 Å². The maximum absolute atomic E-state index is 3.05. The SMILES string of the molecule is C/C=C1\C2N3C4C(=CC=CC4C(C)(C)C4=CC(C5C=C6C7C(C5)C(C)(C)c5cccc8c9c(n7c58)=C(CCC=9)C6(C)C)=CC(C43)C1(C)C)C2(C)C. The molecule has 9 aliphatic rings. The van der Waals surface area contributed by atoms with E-state index in [4.69, 9.17) is 0 Å². The fourth-order valence-electron chi connectivity index (χ4n) is 14.6. The molecule has 51 heavy (non-hydrogen) atoms. The molecule has 264 valence electrons. The summed E-state index contributed by atoms with van der Waals surface area (Å²) in [7, 11) is 0. The lowest BCUT2D eigenvalue weighted by Gasteiger charge is -2.64. The molecule has 1 aromatic heterocycles. The van der Waals surface area contributed by atoms with Gasteiger partial charge in [-0.2, -0.15) is 0 Å². The summed E-state index contributed by atoms with van der Waals surface area (Å²) in [5.74, 6) is 1.91. The summed E-state index contributed by atoms with van der Waals surface area (Å²) >= 11 is 0. The number of allylic oxidation sites excluding steroid dienone is 7. The zero-order chi connectivity index (χ0) is 35.5. The first kappa shape index (κ1) is 31.4. The van der Waals surface area contributed by atoms with Gasteiger partial charge in [0.25, 0.3) is 0 Å². The second kappa shape index (κ2) is 9.15. The highest BCUT2D eigenvalue weighted by Crippen LogP contribution is 2.69. The molecule has 3 saturated heterocycles. The minimum absolute atomic E-state index is 0.0526. The third-order valence-corrected chi connectivity index (χ3v) is 17.2. The number of hydrogen-bond acceptors (Lipinski definition) is 1. The van der Waals surface area contributed by atoms with E-state index >= 15 is 0 Å². The lowest BCUT2D eigenvalue weighted by atomic mass is 9.52. The smallest absolute Gasteiger partial charge is 0.0597 e. The Labute approximate surface area is 306 Å². The van der Waals surface area contributed by atoms with Crippen LogP contribution in [0.2, 0.25) is 0 Å². The standard InChI is InChI=1S/C49H58N2/c1-12-30-44-49(10,11)34-21-15-20-33-41(34)51(44)43-37(45(30,2)3)24-27(25-38(43)48(33,8)9)26-22-35-42-36(23-26)47(6,7)32-19-14-17-29-28-16-13-18-31(46(35,4)5)39(28)50(42)40(29)32/h12-13,15-18,20-21,23-26,33,35,37,41-44H,14,19,22H2,1-11H3/b30-12+. The summed E-state index contributed by atoms with van der Waals surface area (Å²) in [5.41, 5.74) is 13.5. The number of piperidine rings is 2. The Morgan fingerprint density at radius 2 is 1.55 bits per heavy atom. The van der Waals surface area contributed by atoms with Gasteiger partial charge in [-0.05, 0) is 81.8 Å². The number of hydrogen-bond donors (Lipinski definition) is 0. The van der Waals surface area contributed by atoms with Crippen molar-refractivity contribution >= 4 is 22.6 Å². The van der Waals surface area contributed by atoms with Crippen molar-refractivity contribution in [3.63, 3.8) is 0 Å². The summed E-state index contributed by atoms with van der Waals surface area (Å²) in [4.78, 5) is 3.05. The third kappa shape index (κ3) is 3.31. The Kier molecular flexibility index (Phi) is 5.64.